The summed E-state index contributed by atoms with van der Waals surface area (Å²) in [6.45, 7) is 0. The topological polar surface area (TPSA) is 52.7 Å². The summed E-state index contributed by atoms with van der Waals surface area (Å²) in [7, 11) is 1.61. The van der Waals surface area contributed by atoms with Gasteiger partial charge in [-0.05, 0) is 24.3 Å². The Morgan fingerprint density at radius 1 is 1.05 bits per heavy atom. The van der Waals surface area contributed by atoms with Crippen LogP contribution in [0.1, 0.15) is 0 Å². The molecular formula is C14H10Cl2N4O. The Morgan fingerprint density at radius 2 is 1.76 bits per heavy atom. The van der Waals surface area contributed by atoms with Gasteiger partial charge in [0.05, 0.1) is 10.7 Å². The van der Waals surface area contributed by atoms with Crippen LogP contribution in [-0.4, -0.2) is 19.3 Å². The molecule has 0 saturated carbocycles. The van der Waals surface area contributed by atoms with Gasteiger partial charge in [0.2, 0.25) is 0 Å². The number of pyridine rings is 1. The Balaban J connectivity index is 2.22. The minimum atomic E-state index is -0.283. The van der Waals surface area contributed by atoms with E-state index in [9.17, 15) is 4.79 Å². The molecule has 0 N–H and O–H groups in total. The van der Waals surface area contributed by atoms with Crippen molar-refractivity contribution in [2.75, 3.05) is 0 Å². The van der Waals surface area contributed by atoms with Crippen LogP contribution in [0.25, 0.3) is 17.2 Å². The minimum absolute atomic E-state index is 0.283. The Hall–Kier alpha value is -2.11. The molecule has 1 aromatic carbocycles. The van der Waals surface area contributed by atoms with Crippen LogP contribution < -0.4 is 5.69 Å². The minimum Gasteiger partial charge on any atom is -0.276 e. The second kappa shape index (κ2) is 5.35. The number of aromatic nitrogens is 4. The molecule has 2 heterocycles. The number of benzene rings is 1. The van der Waals surface area contributed by atoms with E-state index in [4.69, 9.17) is 23.2 Å². The Kier molecular flexibility index (Phi) is 3.53. The molecule has 0 bridgehead atoms. The highest BCUT2D eigenvalue weighted by molar-refractivity contribution is 6.34. The van der Waals surface area contributed by atoms with Crippen LogP contribution in [0, 0.1) is 0 Å². The number of halogens is 2. The highest BCUT2D eigenvalue weighted by atomic mass is 35.5. The predicted octanol–water partition coefficient (Wildman–Crippen LogP) is 2.94. The van der Waals surface area contributed by atoms with Crippen molar-refractivity contribution in [1.82, 2.24) is 19.3 Å². The van der Waals surface area contributed by atoms with E-state index in [0.717, 1.165) is 0 Å². The van der Waals surface area contributed by atoms with E-state index in [1.54, 1.807) is 31.3 Å². The van der Waals surface area contributed by atoms with Crippen molar-refractivity contribution in [3.05, 3.63) is 63.1 Å². The fraction of sp³-hybridized carbons (Fsp3) is 0.0714. The zero-order valence-electron chi connectivity index (χ0n) is 11.0. The highest BCUT2D eigenvalue weighted by Crippen LogP contribution is 2.25. The van der Waals surface area contributed by atoms with Crippen molar-refractivity contribution >= 4 is 23.2 Å². The molecule has 3 rings (SSSR count). The van der Waals surface area contributed by atoms with Gasteiger partial charge in [0.1, 0.15) is 10.8 Å². The molecule has 3 aromatic rings. The predicted molar refractivity (Wildman–Crippen MR) is 82.1 cm³/mol. The molecule has 0 aliphatic rings. The average molecular weight is 321 g/mol. The fourth-order valence-electron chi connectivity index (χ4n) is 1.96. The maximum atomic E-state index is 12.3. The number of hydrogen-bond acceptors (Lipinski definition) is 3. The van der Waals surface area contributed by atoms with Gasteiger partial charge in [0, 0.05) is 7.05 Å². The van der Waals surface area contributed by atoms with Gasteiger partial charge in [-0.3, -0.25) is 4.57 Å². The molecule has 0 unspecified atom stereocenters. The Morgan fingerprint density at radius 3 is 2.48 bits per heavy atom. The van der Waals surface area contributed by atoms with Crippen LogP contribution in [0.2, 0.25) is 10.2 Å². The molecule has 0 amide bonds. The summed E-state index contributed by atoms with van der Waals surface area (Å²) in [6.07, 6.45) is 0. The Labute approximate surface area is 130 Å². The van der Waals surface area contributed by atoms with Gasteiger partial charge in [-0.15, -0.1) is 5.10 Å². The normalized spacial score (nSPS) is 10.8. The van der Waals surface area contributed by atoms with E-state index < -0.39 is 0 Å². The lowest BCUT2D eigenvalue weighted by Gasteiger charge is -2.01. The van der Waals surface area contributed by atoms with Crippen molar-refractivity contribution in [1.29, 1.82) is 0 Å². The standard InChI is InChI=1S/C14H10Cl2N4O/c1-19-13(12-10(15)7-8-11(16)17-12)18-20(14(19)21)9-5-3-2-4-6-9/h2-8H,1H3. The summed E-state index contributed by atoms with van der Waals surface area (Å²) in [5.41, 5.74) is 0.759. The molecule has 0 fully saturated rings. The third-order valence-electron chi connectivity index (χ3n) is 3.01. The average Bonchev–Trinajstić information content (AvgIpc) is 2.79. The Bertz CT molecular complexity index is 855. The number of nitrogens with zero attached hydrogens (tertiary/aromatic N) is 4. The van der Waals surface area contributed by atoms with Crippen LogP contribution in [0.15, 0.2) is 47.3 Å². The van der Waals surface area contributed by atoms with Crippen LogP contribution in [-0.2, 0) is 7.05 Å². The van der Waals surface area contributed by atoms with Crippen molar-refractivity contribution < 1.29 is 0 Å². The zero-order valence-corrected chi connectivity index (χ0v) is 12.5. The van der Waals surface area contributed by atoms with Gasteiger partial charge < -0.3 is 0 Å². The summed E-state index contributed by atoms with van der Waals surface area (Å²) in [4.78, 5) is 16.5. The first-order chi connectivity index (χ1) is 10.1. The number of hydrogen-bond donors (Lipinski definition) is 0. The SMILES string of the molecule is Cn1c(-c2nc(Cl)ccc2Cl)nn(-c2ccccc2)c1=O. The monoisotopic (exact) mass is 320 g/mol. The van der Waals surface area contributed by atoms with Gasteiger partial charge >= 0.3 is 5.69 Å². The molecule has 21 heavy (non-hydrogen) atoms. The molecule has 7 heteroatoms. The number of rotatable bonds is 2. The summed E-state index contributed by atoms with van der Waals surface area (Å²) >= 11 is 12.0. The van der Waals surface area contributed by atoms with E-state index in [1.807, 2.05) is 18.2 Å². The molecule has 0 aliphatic carbocycles. The lowest BCUT2D eigenvalue weighted by molar-refractivity contribution is 0.799. The summed E-state index contributed by atoms with van der Waals surface area (Å²) in [5, 5.41) is 4.98. The molecule has 106 valence electrons. The summed E-state index contributed by atoms with van der Waals surface area (Å²) in [5.74, 6) is 0.358. The molecule has 5 nitrogen and oxygen atoms in total. The molecule has 0 saturated heterocycles. The second-order valence-corrected chi connectivity index (χ2v) is 5.17. The fourth-order valence-corrected chi connectivity index (χ4v) is 2.29. The van der Waals surface area contributed by atoms with E-state index in [0.29, 0.717) is 22.2 Å². The van der Waals surface area contributed by atoms with E-state index in [1.165, 1.54) is 9.25 Å². The van der Waals surface area contributed by atoms with Crippen LogP contribution in [0.5, 0.6) is 0 Å². The lowest BCUT2D eigenvalue weighted by atomic mass is 10.3. The van der Waals surface area contributed by atoms with Crippen molar-refractivity contribution in [3.8, 4) is 17.2 Å². The van der Waals surface area contributed by atoms with E-state index in [2.05, 4.69) is 10.1 Å². The van der Waals surface area contributed by atoms with Gasteiger partial charge in [0.15, 0.2) is 5.82 Å². The third kappa shape index (κ3) is 2.46. The number of para-hydroxylation sites is 1. The molecular weight excluding hydrogens is 311 g/mol. The molecule has 2 aromatic heterocycles. The maximum absolute atomic E-state index is 12.3. The van der Waals surface area contributed by atoms with Gasteiger partial charge in [-0.2, -0.15) is 4.68 Å². The van der Waals surface area contributed by atoms with E-state index >= 15 is 0 Å². The first-order valence-corrected chi connectivity index (χ1v) is 6.87. The van der Waals surface area contributed by atoms with Crippen molar-refractivity contribution in [3.63, 3.8) is 0 Å². The summed E-state index contributed by atoms with van der Waals surface area (Å²) < 4.78 is 2.69. The second-order valence-electron chi connectivity index (χ2n) is 4.38. The lowest BCUT2D eigenvalue weighted by Crippen LogP contribution is -2.21. The third-order valence-corrected chi connectivity index (χ3v) is 3.52. The highest BCUT2D eigenvalue weighted by Gasteiger charge is 2.17. The molecule has 0 spiro atoms. The molecule has 0 aliphatic heterocycles. The molecule has 0 radical (unpaired) electrons. The smallest absolute Gasteiger partial charge is 0.276 e. The van der Waals surface area contributed by atoms with Crippen LogP contribution in [0.3, 0.4) is 0 Å². The van der Waals surface area contributed by atoms with Crippen LogP contribution >= 0.6 is 23.2 Å². The first-order valence-electron chi connectivity index (χ1n) is 6.12. The van der Waals surface area contributed by atoms with Gasteiger partial charge in [0.25, 0.3) is 0 Å². The largest absolute Gasteiger partial charge is 0.350 e. The summed E-state index contributed by atoms with van der Waals surface area (Å²) in [6, 6.07) is 12.3. The van der Waals surface area contributed by atoms with Gasteiger partial charge in [-0.1, -0.05) is 41.4 Å². The van der Waals surface area contributed by atoms with Crippen molar-refractivity contribution in [2.24, 2.45) is 7.05 Å². The van der Waals surface area contributed by atoms with Crippen molar-refractivity contribution in [2.45, 2.75) is 0 Å². The molecule has 0 atom stereocenters. The zero-order chi connectivity index (χ0) is 15.0. The quantitative estimate of drug-likeness (QED) is 0.682. The van der Waals surface area contributed by atoms with Gasteiger partial charge in [-0.25, -0.2) is 9.78 Å². The van der Waals surface area contributed by atoms with E-state index in [-0.39, 0.29) is 10.8 Å². The first kappa shape index (κ1) is 13.9. The van der Waals surface area contributed by atoms with Crippen LogP contribution in [0.4, 0.5) is 0 Å². The maximum Gasteiger partial charge on any atom is 0.350 e.